The van der Waals surface area contributed by atoms with Gasteiger partial charge in [0.2, 0.25) is 5.91 Å². The van der Waals surface area contributed by atoms with Gasteiger partial charge in [-0.1, -0.05) is 29.8 Å². The van der Waals surface area contributed by atoms with Gasteiger partial charge < -0.3 is 16.0 Å². The maximum absolute atomic E-state index is 11.0. The monoisotopic (exact) mass is 469 g/mol. The Hall–Kier alpha value is -3.91. The number of anilines is 3. The molecule has 0 atom stereocenters. The number of hydrogen-bond donors (Lipinski definition) is 2. The Bertz CT molecular complexity index is 1320. The van der Waals surface area contributed by atoms with Crippen LogP contribution in [0, 0.1) is 6.92 Å². The van der Waals surface area contributed by atoms with E-state index in [-0.39, 0.29) is 5.91 Å². The number of imidazole rings is 1. The summed E-state index contributed by atoms with van der Waals surface area (Å²) in [6.45, 7) is 6.87. The number of carbonyl (C=O) groups excluding carboxylic acids is 1. The van der Waals surface area contributed by atoms with Crippen LogP contribution in [-0.4, -0.2) is 57.9 Å². The summed E-state index contributed by atoms with van der Waals surface area (Å²) in [5.74, 6) is 0.502. The predicted octanol–water partition coefficient (Wildman–Crippen LogP) is 3.84. The van der Waals surface area contributed by atoms with Crippen LogP contribution >= 0.6 is 0 Å². The summed E-state index contributed by atoms with van der Waals surface area (Å²) >= 11 is 0. The van der Waals surface area contributed by atoms with Crippen LogP contribution in [-0.2, 0) is 4.79 Å². The zero-order valence-electron chi connectivity index (χ0n) is 20.0. The lowest BCUT2D eigenvalue weighted by Crippen LogP contribution is -2.46. The average molecular weight is 470 g/mol. The summed E-state index contributed by atoms with van der Waals surface area (Å²) in [6, 6.07) is 16.8. The SMILES string of the molecule is Cc1cccc(-c2cnc(Nc3cccc(N4CCN(CCCC(N)=O)CC4)c3)c3nccn23)c1. The van der Waals surface area contributed by atoms with Crippen LogP contribution in [0.5, 0.6) is 0 Å². The van der Waals surface area contributed by atoms with Gasteiger partial charge in [0, 0.05) is 61.9 Å². The lowest BCUT2D eigenvalue weighted by molar-refractivity contribution is -0.118. The number of nitrogens with two attached hydrogens (primary N) is 1. The van der Waals surface area contributed by atoms with Gasteiger partial charge in [-0.15, -0.1) is 0 Å². The van der Waals surface area contributed by atoms with Gasteiger partial charge in [0.15, 0.2) is 11.5 Å². The second kappa shape index (κ2) is 10.1. The smallest absolute Gasteiger partial charge is 0.217 e. The first-order valence-electron chi connectivity index (χ1n) is 12.1. The number of nitrogens with zero attached hydrogens (tertiary/aromatic N) is 5. The van der Waals surface area contributed by atoms with Crippen molar-refractivity contribution in [1.82, 2.24) is 19.3 Å². The van der Waals surface area contributed by atoms with Crippen molar-refractivity contribution in [2.45, 2.75) is 19.8 Å². The molecule has 8 nitrogen and oxygen atoms in total. The molecular formula is C27H31N7O. The fourth-order valence-corrected chi connectivity index (χ4v) is 4.65. The third-order valence-corrected chi connectivity index (χ3v) is 6.49. The van der Waals surface area contributed by atoms with Crippen LogP contribution in [0.4, 0.5) is 17.2 Å². The van der Waals surface area contributed by atoms with E-state index in [1.54, 1.807) is 6.20 Å². The molecule has 8 heteroatoms. The van der Waals surface area contributed by atoms with Gasteiger partial charge in [-0.3, -0.25) is 14.1 Å². The first-order valence-corrected chi connectivity index (χ1v) is 12.1. The van der Waals surface area contributed by atoms with Gasteiger partial charge >= 0.3 is 0 Å². The molecule has 1 amide bonds. The topological polar surface area (TPSA) is 91.8 Å². The van der Waals surface area contributed by atoms with E-state index in [0.717, 1.165) is 67.6 Å². The second-order valence-electron chi connectivity index (χ2n) is 9.06. The number of primary amides is 1. The molecule has 5 rings (SSSR count). The van der Waals surface area contributed by atoms with E-state index in [4.69, 9.17) is 10.7 Å². The third-order valence-electron chi connectivity index (χ3n) is 6.49. The maximum Gasteiger partial charge on any atom is 0.217 e. The minimum atomic E-state index is -0.222. The highest BCUT2D eigenvalue weighted by molar-refractivity contribution is 5.75. The number of aryl methyl sites for hydroxylation is 1. The van der Waals surface area contributed by atoms with Crippen LogP contribution in [0.1, 0.15) is 18.4 Å². The van der Waals surface area contributed by atoms with Crippen LogP contribution in [0.3, 0.4) is 0 Å². The molecule has 35 heavy (non-hydrogen) atoms. The molecule has 0 saturated carbocycles. The van der Waals surface area contributed by atoms with Crippen molar-refractivity contribution >= 4 is 28.7 Å². The highest BCUT2D eigenvalue weighted by Gasteiger charge is 2.18. The molecule has 3 N–H and O–H groups in total. The molecule has 2 aromatic heterocycles. The summed E-state index contributed by atoms with van der Waals surface area (Å²) in [5.41, 5.74) is 11.5. The predicted molar refractivity (Wildman–Crippen MR) is 140 cm³/mol. The molecule has 0 spiro atoms. The fourth-order valence-electron chi connectivity index (χ4n) is 4.65. The number of carbonyl (C=O) groups is 1. The molecular weight excluding hydrogens is 438 g/mol. The number of piperazine rings is 1. The highest BCUT2D eigenvalue weighted by atomic mass is 16.1. The Kier molecular flexibility index (Phi) is 6.63. The summed E-state index contributed by atoms with van der Waals surface area (Å²) < 4.78 is 2.07. The zero-order valence-corrected chi connectivity index (χ0v) is 20.0. The number of fused-ring (bicyclic) bond motifs is 1. The number of rotatable bonds is 8. The minimum absolute atomic E-state index is 0.222. The highest BCUT2D eigenvalue weighted by Crippen LogP contribution is 2.27. The molecule has 180 valence electrons. The van der Waals surface area contributed by atoms with Crippen molar-refractivity contribution in [2.75, 3.05) is 42.9 Å². The van der Waals surface area contributed by atoms with E-state index in [1.165, 1.54) is 11.3 Å². The van der Waals surface area contributed by atoms with Gasteiger partial charge in [-0.2, -0.15) is 0 Å². The number of aromatic nitrogens is 3. The number of nitrogens with one attached hydrogen (secondary N) is 1. The van der Waals surface area contributed by atoms with E-state index in [1.807, 2.05) is 12.4 Å². The molecule has 2 aromatic carbocycles. The van der Waals surface area contributed by atoms with E-state index in [9.17, 15) is 4.79 Å². The molecule has 0 radical (unpaired) electrons. The molecule has 0 aliphatic carbocycles. The van der Waals surface area contributed by atoms with E-state index in [2.05, 4.69) is 80.0 Å². The average Bonchev–Trinajstić information content (AvgIpc) is 3.35. The number of hydrogen-bond acceptors (Lipinski definition) is 6. The van der Waals surface area contributed by atoms with Crippen LogP contribution in [0.15, 0.2) is 67.1 Å². The molecule has 1 aliphatic rings. The van der Waals surface area contributed by atoms with E-state index in [0.29, 0.717) is 6.42 Å². The lowest BCUT2D eigenvalue weighted by atomic mass is 10.1. The zero-order chi connectivity index (χ0) is 24.2. The quantitative estimate of drug-likeness (QED) is 0.407. The van der Waals surface area contributed by atoms with Gasteiger partial charge in [-0.05, 0) is 44.2 Å². The molecule has 1 fully saturated rings. The summed E-state index contributed by atoms with van der Waals surface area (Å²) in [7, 11) is 0. The van der Waals surface area contributed by atoms with Crippen molar-refractivity contribution in [3.8, 4) is 11.3 Å². The number of amides is 1. The van der Waals surface area contributed by atoms with Crippen molar-refractivity contribution < 1.29 is 4.79 Å². The first-order chi connectivity index (χ1) is 17.1. The molecule has 0 unspecified atom stereocenters. The standard InChI is InChI=1S/C27H31N7O/c1-20-5-2-6-21(17-20)24-19-30-26(27-29-10-12-34(24)27)31-22-7-3-8-23(18-22)33-15-13-32(14-16-33)11-4-9-25(28)35/h2-3,5-8,10,12,17-19H,4,9,11,13-16H2,1H3,(H2,28,35)(H,30,31). The van der Waals surface area contributed by atoms with Crippen molar-refractivity contribution in [2.24, 2.45) is 5.73 Å². The fraction of sp³-hybridized carbons (Fsp3) is 0.296. The van der Waals surface area contributed by atoms with Gasteiger partial charge in [-0.25, -0.2) is 9.97 Å². The number of benzene rings is 2. The first kappa shape index (κ1) is 22.9. The third kappa shape index (κ3) is 5.27. The van der Waals surface area contributed by atoms with E-state index >= 15 is 0 Å². The van der Waals surface area contributed by atoms with Crippen molar-refractivity contribution in [1.29, 1.82) is 0 Å². The summed E-state index contributed by atoms with van der Waals surface area (Å²) in [5, 5.41) is 3.47. The Morgan fingerprint density at radius 1 is 1.06 bits per heavy atom. The minimum Gasteiger partial charge on any atom is -0.370 e. The normalized spacial score (nSPS) is 14.4. The summed E-state index contributed by atoms with van der Waals surface area (Å²) in [6.07, 6.45) is 6.96. The Morgan fingerprint density at radius 2 is 1.89 bits per heavy atom. The molecule has 1 saturated heterocycles. The van der Waals surface area contributed by atoms with Crippen molar-refractivity contribution in [3.63, 3.8) is 0 Å². The molecule has 1 aliphatic heterocycles. The van der Waals surface area contributed by atoms with Gasteiger partial charge in [0.05, 0.1) is 11.9 Å². The van der Waals surface area contributed by atoms with Gasteiger partial charge in [0.1, 0.15) is 0 Å². The second-order valence-corrected chi connectivity index (χ2v) is 9.06. The molecule has 4 aromatic rings. The largest absolute Gasteiger partial charge is 0.370 e. The Balaban J connectivity index is 1.29. The summed E-state index contributed by atoms with van der Waals surface area (Å²) in [4.78, 5) is 25.1. The van der Waals surface area contributed by atoms with Crippen LogP contribution in [0.2, 0.25) is 0 Å². The van der Waals surface area contributed by atoms with Crippen LogP contribution < -0.4 is 16.0 Å². The van der Waals surface area contributed by atoms with Gasteiger partial charge in [0.25, 0.3) is 0 Å². The van der Waals surface area contributed by atoms with Crippen molar-refractivity contribution in [3.05, 3.63) is 72.7 Å². The Labute approximate surface area is 205 Å². The van der Waals surface area contributed by atoms with Crippen LogP contribution in [0.25, 0.3) is 16.9 Å². The molecule has 3 heterocycles. The lowest BCUT2D eigenvalue weighted by Gasteiger charge is -2.36. The van der Waals surface area contributed by atoms with E-state index < -0.39 is 0 Å². The Morgan fingerprint density at radius 3 is 2.69 bits per heavy atom. The maximum atomic E-state index is 11.0. The molecule has 0 bridgehead atoms.